The molecule has 0 bridgehead atoms. The van der Waals surface area contributed by atoms with Crippen molar-refractivity contribution >= 4 is 24.5 Å². The van der Waals surface area contributed by atoms with Crippen LogP contribution in [0.1, 0.15) is 33.6 Å². The molecule has 0 heterocycles. The maximum Gasteiger partial charge on any atom is 0.342 e. The molecule has 2 atom stereocenters. The number of alkyl halides is 1. The molecule has 6 heteroatoms. The average molecular weight is 343 g/mol. The Bertz CT molecular complexity index is 195. The van der Waals surface area contributed by atoms with Crippen molar-refractivity contribution in [3.8, 4) is 0 Å². The fourth-order valence-electron chi connectivity index (χ4n) is 1.68. The van der Waals surface area contributed by atoms with E-state index in [9.17, 15) is 0 Å². The van der Waals surface area contributed by atoms with E-state index in [-0.39, 0.29) is 12.6 Å². The van der Waals surface area contributed by atoms with Crippen LogP contribution in [0, 0.1) is 0 Å². The van der Waals surface area contributed by atoms with Gasteiger partial charge in [-0.25, -0.2) is 0 Å². The fourth-order valence-corrected chi connectivity index (χ4v) is 6.85. The highest BCUT2D eigenvalue weighted by molar-refractivity contribution is 9.09. The maximum atomic E-state index is 6.09. The molecule has 0 aromatic heterocycles. The van der Waals surface area contributed by atoms with E-state index < -0.39 is 8.56 Å². The molecule has 0 aliphatic rings. The quantitative estimate of drug-likeness (QED) is 0.326. The highest BCUT2D eigenvalue weighted by atomic mass is 79.9. The van der Waals surface area contributed by atoms with E-state index in [0.717, 1.165) is 30.3 Å². The topological polar surface area (TPSA) is 36.9 Å². The summed E-state index contributed by atoms with van der Waals surface area (Å²) in [6.45, 7) is 5.98. The van der Waals surface area contributed by atoms with Gasteiger partial charge in [0, 0.05) is 25.6 Å². The molecule has 110 valence electrons. The minimum Gasteiger partial charge on any atom is -0.368 e. The van der Waals surface area contributed by atoms with Crippen molar-refractivity contribution in [1.29, 1.82) is 0 Å². The average Bonchev–Trinajstić information content (AvgIpc) is 2.36. The summed E-state index contributed by atoms with van der Waals surface area (Å²) in [5, 5.41) is 0.871. The molecule has 0 saturated heterocycles. The summed E-state index contributed by atoms with van der Waals surface area (Å²) in [7, 11) is 1.02. The molecule has 18 heavy (non-hydrogen) atoms. The monoisotopic (exact) mass is 342 g/mol. The third-order valence-corrected chi connectivity index (χ3v) is 7.59. The van der Waals surface area contributed by atoms with Gasteiger partial charge >= 0.3 is 8.56 Å². The first-order valence-corrected chi connectivity index (χ1v) is 9.86. The molecule has 0 aromatic carbocycles. The van der Waals surface area contributed by atoms with Crippen LogP contribution >= 0.6 is 15.9 Å². The van der Waals surface area contributed by atoms with Crippen LogP contribution in [0.3, 0.4) is 0 Å². The minimum absolute atomic E-state index is 0.239. The van der Waals surface area contributed by atoms with Gasteiger partial charge in [0.25, 0.3) is 0 Å². The zero-order chi connectivity index (χ0) is 14.0. The van der Waals surface area contributed by atoms with Gasteiger partial charge in [0.2, 0.25) is 0 Å². The number of rotatable bonds is 11. The van der Waals surface area contributed by atoms with E-state index in [0.29, 0.717) is 0 Å². The fraction of sp³-hybridized carbons (Fsp3) is 1.00. The Morgan fingerprint density at radius 3 is 1.83 bits per heavy atom. The summed E-state index contributed by atoms with van der Waals surface area (Å²) >= 11 is 3.49. The smallest absolute Gasteiger partial charge is 0.342 e. The van der Waals surface area contributed by atoms with Gasteiger partial charge in [-0.1, -0.05) is 35.7 Å². The predicted molar refractivity (Wildman–Crippen MR) is 79.2 cm³/mol. The molecule has 0 saturated carbocycles. The molecule has 0 radical (unpaired) electrons. The SMILES string of the molecule is CCCC[Si](CCBr)(OC(C)OC)OC(C)OC. The zero-order valence-corrected chi connectivity index (χ0v) is 14.8. The van der Waals surface area contributed by atoms with Crippen molar-refractivity contribution < 1.29 is 18.3 Å². The summed E-state index contributed by atoms with van der Waals surface area (Å²) in [6.07, 6.45) is 1.76. The number of halogens is 1. The Labute approximate surface area is 121 Å². The number of unbranched alkanes of at least 4 members (excludes halogenated alkanes) is 1. The Balaban J connectivity index is 4.75. The van der Waals surface area contributed by atoms with Gasteiger partial charge in [0.15, 0.2) is 0 Å². The molecule has 0 aliphatic carbocycles. The molecular weight excluding hydrogens is 316 g/mol. The van der Waals surface area contributed by atoms with Gasteiger partial charge < -0.3 is 18.3 Å². The lowest BCUT2D eigenvalue weighted by atomic mass is 10.4. The van der Waals surface area contributed by atoms with Gasteiger partial charge in [-0.3, -0.25) is 0 Å². The van der Waals surface area contributed by atoms with E-state index in [2.05, 4.69) is 22.9 Å². The van der Waals surface area contributed by atoms with Crippen LogP contribution < -0.4 is 0 Å². The molecule has 0 N–H and O–H groups in total. The normalized spacial score (nSPS) is 18.3. The van der Waals surface area contributed by atoms with E-state index in [4.69, 9.17) is 18.3 Å². The molecular formula is C12H27BrO4Si. The van der Waals surface area contributed by atoms with E-state index in [1.54, 1.807) is 14.2 Å². The third-order valence-electron chi connectivity index (χ3n) is 2.81. The largest absolute Gasteiger partial charge is 0.368 e. The molecule has 0 amide bonds. The Hall–Kier alpha value is 0.537. The molecule has 2 unspecified atom stereocenters. The summed E-state index contributed by atoms with van der Waals surface area (Å²) in [5.41, 5.74) is 0. The highest BCUT2D eigenvalue weighted by Crippen LogP contribution is 2.26. The number of hydrogen-bond donors (Lipinski definition) is 0. The predicted octanol–water partition coefficient (Wildman–Crippen LogP) is 3.64. The van der Waals surface area contributed by atoms with Crippen LogP contribution in [-0.4, -0.2) is 40.7 Å². The second kappa shape index (κ2) is 10.3. The lowest BCUT2D eigenvalue weighted by Gasteiger charge is -2.34. The standard InChI is InChI=1S/C12H27BrO4Si/c1-6-7-9-18(10-8-13,16-11(2)14-4)17-12(3)15-5/h11-12H,6-10H2,1-5H3. The van der Waals surface area contributed by atoms with E-state index in [1.165, 1.54) is 0 Å². The van der Waals surface area contributed by atoms with Crippen molar-refractivity contribution in [1.82, 2.24) is 0 Å². The summed E-state index contributed by atoms with van der Waals surface area (Å²) in [5.74, 6) is 0. The third kappa shape index (κ3) is 7.21. The van der Waals surface area contributed by atoms with Crippen molar-refractivity contribution in [3.05, 3.63) is 0 Å². The zero-order valence-electron chi connectivity index (χ0n) is 12.2. The maximum absolute atomic E-state index is 6.09. The van der Waals surface area contributed by atoms with Crippen molar-refractivity contribution in [2.24, 2.45) is 0 Å². The van der Waals surface area contributed by atoms with Crippen LogP contribution in [0.5, 0.6) is 0 Å². The van der Waals surface area contributed by atoms with Crippen molar-refractivity contribution in [2.75, 3.05) is 19.5 Å². The number of hydrogen-bond acceptors (Lipinski definition) is 4. The summed E-state index contributed by atoms with van der Waals surface area (Å²) in [6, 6.07) is 1.87. The van der Waals surface area contributed by atoms with E-state index in [1.807, 2.05) is 13.8 Å². The van der Waals surface area contributed by atoms with Gasteiger partial charge in [0.05, 0.1) is 0 Å². The van der Waals surface area contributed by atoms with Crippen LogP contribution in [-0.2, 0) is 18.3 Å². The molecule has 0 aromatic rings. The second-order valence-electron chi connectivity index (χ2n) is 4.30. The minimum atomic E-state index is -2.28. The first-order chi connectivity index (χ1) is 8.53. The number of methoxy groups -OCH3 is 2. The first-order valence-electron chi connectivity index (χ1n) is 6.50. The Morgan fingerprint density at radius 1 is 1.00 bits per heavy atom. The molecule has 4 nitrogen and oxygen atoms in total. The van der Waals surface area contributed by atoms with Gasteiger partial charge in [-0.05, 0) is 19.9 Å². The molecule has 0 fully saturated rings. The highest BCUT2D eigenvalue weighted by Gasteiger charge is 2.39. The van der Waals surface area contributed by atoms with Gasteiger partial charge in [-0.2, -0.15) is 0 Å². The van der Waals surface area contributed by atoms with E-state index >= 15 is 0 Å². The van der Waals surface area contributed by atoms with Gasteiger partial charge in [0.1, 0.15) is 12.6 Å². The van der Waals surface area contributed by atoms with Gasteiger partial charge in [-0.15, -0.1) is 0 Å². The molecule has 0 rings (SSSR count). The van der Waals surface area contributed by atoms with Crippen LogP contribution in [0.2, 0.25) is 12.1 Å². The van der Waals surface area contributed by atoms with Crippen LogP contribution in [0.25, 0.3) is 0 Å². The Kier molecular flexibility index (Phi) is 10.6. The summed E-state index contributed by atoms with van der Waals surface area (Å²) < 4.78 is 22.6. The van der Waals surface area contributed by atoms with Crippen LogP contribution in [0.15, 0.2) is 0 Å². The van der Waals surface area contributed by atoms with Crippen LogP contribution in [0.4, 0.5) is 0 Å². The molecule has 0 aliphatic heterocycles. The number of ether oxygens (including phenoxy) is 2. The van der Waals surface area contributed by atoms with Crippen molar-refractivity contribution in [2.45, 2.75) is 58.3 Å². The Morgan fingerprint density at radius 2 is 1.50 bits per heavy atom. The first kappa shape index (κ1) is 18.5. The molecule has 0 spiro atoms. The lowest BCUT2D eigenvalue weighted by Crippen LogP contribution is -2.47. The van der Waals surface area contributed by atoms with Crippen molar-refractivity contribution in [3.63, 3.8) is 0 Å². The lowest BCUT2D eigenvalue weighted by molar-refractivity contribution is -0.104. The summed E-state index contributed by atoms with van der Waals surface area (Å²) in [4.78, 5) is 0. The second-order valence-corrected chi connectivity index (χ2v) is 8.38.